The van der Waals surface area contributed by atoms with Crippen LogP contribution in [0.1, 0.15) is 22.4 Å². The molecule has 0 aliphatic carbocycles. The molecule has 31 heavy (non-hydrogen) atoms. The van der Waals surface area contributed by atoms with Crippen molar-refractivity contribution in [3.63, 3.8) is 0 Å². The zero-order chi connectivity index (χ0) is 22.3. The minimum Gasteiger partial charge on any atom is -0.486 e. The number of rotatable bonds is 4. The van der Waals surface area contributed by atoms with Crippen molar-refractivity contribution < 1.29 is 18.3 Å². The maximum Gasteiger partial charge on any atom is 0.315 e. The number of pyridine rings is 1. The fraction of sp³-hybridized carbons (Fsp3) is 0.182. The number of nitrogens with one attached hydrogen (secondary N) is 1. The molecular weight excluding hydrogens is 428 g/mol. The summed E-state index contributed by atoms with van der Waals surface area (Å²) in [6.07, 6.45) is 0. The van der Waals surface area contributed by atoms with Gasteiger partial charge in [-0.3, -0.25) is 4.79 Å². The van der Waals surface area contributed by atoms with Crippen LogP contribution in [0.15, 0.2) is 41.2 Å². The number of carbonyl (C=O) groups excluding carboxylic acids is 1. The van der Waals surface area contributed by atoms with Gasteiger partial charge in [-0.05, 0) is 41.8 Å². The smallest absolute Gasteiger partial charge is 0.315 e. The molecule has 2 aromatic carbocycles. The number of benzene rings is 2. The Balaban J connectivity index is 1.74. The Bertz CT molecular complexity index is 1260. The summed E-state index contributed by atoms with van der Waals surface area (Å²) in [7, 11) is 0. The number of aryl methyl sites for hydroxylation is 1. The third-order valence-corrected chi connectivity index (χ3v) is 5.56. The third kappa shape index (κ3) is 3.98. The van der Waals surface area contributed by atoms with Gasteiger partial charge in [0.25, 0.3) is 5.56 Å². The van der Waals surface area contributed by atoms with Gasteiger partial charge >= 0.3 is 6.03 Å². The first-order valence-electron chi connectivity index (χ1n) is 9.40. The number of nitrogens with zero attached hydrogens (tertiary/aromatic N) is 1. The lowest BCUT2D eigenvalue weighted by Gasteiger charge is -2.16. The van der Waals surface area contributed by atoms with Gasteiger partial charge < -0.3 is 20.4 Å². The van der Waals surface area contributed by atoms with Crippen LogP contribution in [0.4, 0.5) is 13.6 Å². The summed E-state index contributed by atoms with van der Waals surface area (Å²) in [5.74, 6) is -1.37. The third-order valence-electron chi connectivity index (χ3n) is 5.22. The molecule has 6 nitrogen and oxygen atoms in total. The molecule has 0 fully saturated rings. The van der Waals surface area contributed by atoms with Crippen molar-refractivity contribution in [2.75, 3.05) is 0 Å². The number of H-pyrrole nitrogens is 1. The highest BCUT2D eigenvalue weighted by Gasteiger charge is 2.24. The number of fused-ring (bicyclic) bond motifs is 1. The molecule has 0 saturated heterocycles. The first-order valence-corrected chi connectivity index (χ1v) is 9.78. The summed E-state index contributed by atoms with van der Waals surface area (Å²) < 4.78 is 33.0. The molecule has 3 aromatic rings. The van der Waals surface area contributed by atoms with Crippen LogP contribution < -0.4 is 16.0 Å². The lowest BCUT2D eigenvalue weighted by atomic mass is 9.99. The van der Waals surface area contributed by atoms with E-state index in [-0.39, 0.29) is 22.9 Å². The van der Waals surface area contributed by atoms with E-state index in [1.54, 1.807) is 6.92 Å². The lowest BCUT2D eigenvalue weighted by molar-refractivity contribution is 0.208. The number of hydrogen-bond donors (Lipinski definition) is 2. The van der Waals surface area contributed by atoms with Crippen molar-refractivity contribution in [1.82, 2.24) is 9.88 Å². The van der Waals surface area contributed by atoms with Crippen LogP contribution in [-0.4, -0.2) is 15.9 Å². The largest absolute Gasteiger partial charge is 0.486 e. The van der Waals surface area contributed by atoms with Gasteiger partial charge in [-0.2, -0.15) is 0 Å². The summed E-state index contributed by atoms with van der Waals surface area (Å²) in [6, 6.07) is 8.22. The molecule has 0 bridgehead atoms. The molecule has 2 heterocycles. The van der Waals surface area contributed by atoms with Crippen LogP contribution in [0.3, 0.4) is 0 Å². The summed E-state index contributed by atoms with van der Waals surface area (Å²) in [5.41, 5.74) is 8.58. The minimum atomic E-state index is -0.761. The van der Waals surface area contributed by atoms with E-state index in [4.69, 9.17) is 22.1 Å². The standard InChI is InChI=1S/C22H18ClF2N3O3/c1-11-18(12-2-3-13-8-28(22(26)30)9-15(13)6-12)20(19(23)21(29)27-11)31-10-14-4-5-16(24)7-17(14)25/h2-7H,8-10H2,1H3,(H2,26,30)(H,27,29). The van der Waals surface area contributed by atoms with Gasteiger partial charge in [0.2, 0.25) is 0 Å². The molecule has 3 N–H and O–H groups in total. The topological polar surface area (TPSA) is 88.4 Å². The Morgan fingerprint density at radius 3 is 2.65 bits per heavy atom. The van der Waals surface area contributed by atoms with Gasteiger partial charge in [0, 0.05) is 36.0 Å². The second-order valence-electron chi connectivity index (χ2n) is 7.30. The number of aromatic nitrogens is 1. The lowest BCUT2D eigenvalue weighted by Crippen LogP contribution is -2.30. The van der Waals surface area contributed by atoms with Gasteiger partial charge in [-0.25, -0.2) is 13.6 Å². The van der Waals surface area contributed by atoms with E-state index in [2.05, 4.69) is 4.98 Å². The van der Waals surface area contributed by atoms with Crippen molar-refractivity contribution >= 4 is 17.6 Å². The molecule has 0 spiro atoms. The first kappa shape index (κ1) is 20.9. The minimum absolute atomic E-state index is 0.0938. The molecule has 1 aliphatic rings. The average molecular weight is 446 g/mol. The van der Waals surface area contributed by atoms with Crippen LogP contribution in [0.25, 0.3) is 11.1 Å². The molecule has 0 saturated carbocycles. The Morgan fingerprint density at radius 2 is 1.94 bits per heavy atom. The van der Waals surface area contributed by atoms with Gasteiger partial charge in [0.1, 0.15) is 23.3 Å². The number of nitrogens with two attached hydrogens (primary N) is 1. The highest BCUT2D eigenvalue weighted by atomic mass is 35.5. The number of hydrogen-bond acceptors (Lipinski definition) is 3. The van der Waals surface area contributed by atoms with E-state index in [1.165, 1.54) is 11.0 Å². The van der Waals surface area contributed by atoms with Gasteiger partial charge in [0.15, 0.2) is 5.75 Å². The number of halogens is 3. The Labute approximate surface area is 181 Å². The molecule has 0 unspecified atom stereocenters. The SMILES string of the molecule is Cc1[nH]c(=O)c(Cl)c(OCc2ccc(F)cc2F)c1-c1ccc2c(c1)CN(C(N)=O)C2. The molecule has 1 aliphatic heterocycles. The summed E-state index contributed by atoms with van der Waals surface area (Å²) in [5, 5.41) is -0.178. The fourth-order valence-electron chi connectivity index (χ4n) is 3.65. The van der Waals surface area contributed by atoms with E-state index in [1.807, 2.05) is 18.2 Å². The van der Waals surface area contributed by atoms with Crippen molar-refractivity contribution in [3.05, 3.63) is 85.8 Å². The quantitative estimate of drug-likeness (QED) is 0.629. The van der Waals surface area contributed by atoms with Gasteiger partial charge in [0.05, 0.1) is 0 Å². The molecule has 0 atom stereocenters. The van der Waals surface area contributed by atoms with Crippen LogP contribution in [0.5, 0.6) is 5.75 Å². The first-order chi connectivity index (χ1) is 14.7. The molecule has 4 rings (SSSR count). The van der Waals surface area contributed by atoms with E-state index in [0.717, 1.165) is 23.3 Å². The van der Waals surface area contributed by atoms with Gasteiger partial charge in [-0.15, -0.1) is 0 Å². The van der Waals surface area contributed by atoms with Crippen molar-refractivity contribution in [1.29, 1.82) is 0 Å². The maximum absolute atomic E-state index is 14.0. The number of amides is 2. The molecule has 1 aromatic heterocycles. The van der Waals surface area contributed by atoms with Crippen molar-refractivity contribution in [3.8, 4) is 16.9 Å². The van der Waals surface area contributed by atoms with Crippen LogP contribution >= 0.6 is 11.6 Å². The summed E-state index contributed by atoms with van der Waals surface area (Å²) >= 11 is 6.24. The number of ether oxygens (including phenoxy) is 1. The van der Waals surface area contributed by atoms with E-state index in [9.17, 15) is 18.4 Å². The normalized spacial score (nSPS) is 12.7. The van der Waals surface area contributed by atoms with Crippen LogP contribution in [0, 0.1) is 18.6 Å². The number of primary amides is 1. The predicted molar refractivity (Wildman–Crippen MR) is 112 cm³/mol. The second kappa shape index (κ2) is 8.03. The van der Waals surface area contributed by atoms with Crippen LogP contribution in [0.2, 0.25) is 5.02 Å². The molecule has 0 radical (unpaired) electrons. The van der Waals surface area contributed by atoms with E-state index < -0.39 is 23.2 Å². The fourth-order valence-corrected chi connectivity index (χ4v) is 3.84. The Morgan fingerprint density at radius 1 is 1.19 bits per heavy atom. The Kier molecular flexibility index (Phi) is 5.41. The van der Waals surface area contributed by atoms with Crippen LogP contribution in [-0.2, 0) is 19.7 Å². The van der Waals surface area contributed by atoms with E-state index >= 15 is 0 Å². The zero-order valence-corrected chi connectivity index (χ0v) is 17.2. The van der Waals surface area contributed by atoms with E-state index in [0.29, 0.717) is 29.9 Å². The number of aromatic amines is 1. The number of urea groups is 1. The molecule has 2 amide bonds. The predicted octanol–water partition coefficient (Wildman–Crippen LogP) is 4.26. The van der Waals surface area contributed by atoms with Gasteiger partial charge in [-0.1, -0.05) is 23.7 Å². The zero-order valence-electron chi connectivity index (χ0n) is 16.5. The summed E-state index contributed by atoms with van der Waals surface area (Å²) in [6.45, 7) is 2.23. The second-order valence-corrected chi connectivity index (χ2v) is 7.68. The van der Waals surface area contributed by atoms with Crippen molar-refractivity contribution in [2.45, 2.75) is 26.6 Å². The monoisotopic (exact) mass is 445 g/mol. The average Bonchev–Trinajstić information content (AvgIpc) is 3.14. The molecule has 160 valence electrons. The highest BCUT2D eigenvalue weighted by Crippen LogP contribution is 2.38. The molecule has 9 heteroatoms. The summed E-state index contributed by atoms with van der Waals surface area (Å²) in [4.78, 5) is 27.9. The Hall–Kier alpha value is -3.39. The van der Waals surface area contributed by atoms with Crippen molar-refractivity contribution in [2.24, 2.45) is 5.73 Å². The number of carbonyl (C=O) groups is 1. The molecular formula is C22H18ClF2N3O3. The highest BCUT2D eigenvalue weighted by molar-refractivity contribution is 6.32. The maximum atomic E-state index is 14.0.